The SMILES string of the molecule is NC(=O)CCCC(CCCO)(CCCO)C(N)=O. The number of carbonyl (C=O) groups is 2. The minimum Gasteiger partial charge on any atom is -0.396 e. The molecule has 0 heterocycles. The third kappa shape index (κ3) is 5.97. The van der Waals surface area contributed by atoms with Crippen molar-refractivity contribution in [1.29, 1.82) is 0 Å². The smallest absolute Gasteiger partial charge is 0.223 e. The van der Waals surface area contributed by atoms with Crippen LogP contribution in [0.4, 0.5) is 0 Å². The summed E-state index contributed by atoms with van der Waals surface area (Å²) in [4.78, 5) is 22.4. The summed E-state index contributed by atoms with van der Waals surface area (Å²) in [6.45, 7) is -0.0199. The molecule has 0 aromatic heterocycles. The number of aliphatic hydroxyl groups is 2. The summed E-state index contributed by atoms with van der Waals surface area (Å²) >= 11 is 0. The van der Waals surface area contributed by atoms with Crippen LogP contribution in [-0.2, 0) is 9.59 Å². The van der Waals surface area contributed by atoms with Gasteiger partial charge in [0.1, 0.15) is 0 Å². The van der Waals surface area contributed by atoms with Crippen molar-refractivity contribution in [1.82, 2.24) is 0 Å². The summed E-state index contributed by atoms with van der Waals surface area (Å²) in [6.07, 6.45) is 3.07. The van der Waals surface area contributed by atoms with Crippen LogP contribution in [0.1, 0.15) is 44.9 Å². The van der Waals surface area contributed by atoms with Crippen LogP contribution in [0.25, 0.3) is 0 Å². The van der Waals surface area contributed by atoms with Crippen molar-refractivity contribution in [3.8, 4) is 0 Å². The molecule has 0 aromatic rings. The zero-order valence-corrected chi connectivity index (χ0v) is 10.7. The van der Waals surface area contributed by atoms with E-state index in [2.05, 4.69) is 0 Å². The molecule has 0 fully saturated rings. The maximum absolute atomic E-state index is 11.7. The van der Waals surface area contributed by atoms with Crippen LogP contribution in [0, 0.1) is 5.41 Å². The van der Waals surface area contributed by atoms with Crippen LogP contribution < -0.4 is 11.5 Å². The van der Waals surface area contributed by atoms with Gasteiger partial charge in [0, 0.05) is 25.0 Å². The maximum Gasteiger partial charge on any atom is 0.223 e. The Hall–Kier alpha value is -1.14. The van der Waals surface area contributed by atoms with Crippen molar-refractivity contribution >= 4 is 11.8 Å². The topological polar surface area (TPSA) is 127 Å². The van der Waals surface area contributed by atoms with Crippen molar-refractivity contribution in [3.63, 3.8) is 0 Å². The van der Waals surface area contributed by atoms with E-state index in [1.165, 1.54) is 0 Å². The average Bonchev–Trinajstić information content (AvgIpc) is 2.31. The molecular weight excluding hydrogens is 236 g/mol. The molecule has 0 aliphatic carbocycles. The van der Waals surface area contributed by atoms with Crippen LogP contribution in [-0.4, -0.2) is 35.2 Å². The minimum atomic E-state index is -0.749. The number of primary amides is 2. The fraction of sp³-hybridized carbons (Fsp3) is 0.833. The van der Waals surface area contributed by atoms with Crippen LogP contribution >= 0.6 is 0 Å². The van der Waals surface area contributed by atoms with Gasteiger partial charge >= 0.3 is 0 Å². The zero-order chi connectivity index (χ0) is 14.0. The number of amides is 2. The first-order valence-corrected chi connectivity index (χ1v) is 6.28. The van der Waals surface area contributed by atoms with Crippen LogP contribution in [0.3, 0.4) is 0 Å². The average molecular weight is 260 g/mol. The molecule has 0 saturated heterocycles. The van der Waals surface area contributed by atoms with E-state index in [0.29, 0.717) is 38.5 Å². The highest BCUT2D eigenvalue weighted by Crippen LogP contribution is 2.35. The molecule has 0 unspecified atom stereocenters. The van der Waals surface area contributed by atoms with Gasteiger partial charge in [-0.15, -0.1) is 0 Å². The highest BCUT2D eigenvalue weighted by Gasteiger charge is 2.34. The number of aliphatic hydroxyl groups excluding tert-OH is 2. The largest absolute Gasteiger partial charge is 0.396 e. The molecule has 18 heavy (non-hydrogen) atoms. The molecule has 106 valence electrons. The number of rotatable bonds is 11. The minimum absolute atomic E-state index is 0.00995. The Morgan fingerprint density at radius 3 is 1.67 bits per heavy atom. The predicted molar refractivity (Wildman–Crippen MR) is 67.3 cm³/mol. The van der Waals surface area contributed by atoms with E-state index in [9.17, 15) is 9.59 Å². The van der Waals surface area contributed by atoms with E-state index in [-0.39, 0.29) is 19.6 Å². The molecule has 0 saturated carbocycles. The molecule has 6 heteroatoms. The lowest BCUT2D eigenvalue weighted by atomic mass is 9.74. The van der Waals surface area contributed by atoms with Gasteiger partial charge in [-0.05, 0) is 38.5 Å². The molecule has 0 rings (SSSR count). The van der Waals surface area contributed by atoms with Crippen molar-refractivity contribution in [2.45, 2.75) is 44.9 Å². The number of nitrogens with two attached hydrogens (primary N) is 2. The summed E-state index contributed by atoms with van der Waals surface area (Å²) in [5.41, 5.74) is 9.77. The zero-order valence-electron chi connectivity index (χ0n) is 10.7. The fourth-order valence-corrected chi connectivity index (χ4v) is 2.18. The lowest BCUT2D eigenvalue weighted by Crippen LogP contribution is -2.38. The Kier molecular flexibility index (Phi) is 8.32. The van der Waals surface area contributed by atoms with Gasteiger partial charge in [-0.1, -0.05) is 0 Å². The van der Waals surface area contributed by atoms with Gasteiger partial charge in [-0.2, -0.15) is 0 Å². The third-order valence-electron chi connectivity index (χ3n) is 3.23. The molecule has 0 aliphatic rings. The van der Waals surface area contributed by atoms with Gasteiger partial charge in [-0.3, -0.25) is 9.59 Å². The standard InChI is InChI=1S/C12H24N2O4/c13-10(17)4-1-5-12(11(14)18,6-2-8-15)7-3-9-16/h15-16H,1-9H2,(H2,13,17)(H2,14,18). The summed E-state index contributed by atoms with van der Waals surface area (Å²) in [5, 5.41) is 17.7. The van der Waals surface area contributed by atoms with Gasteiger partial charge in [0.15, 0.2) is 0 Å². The third-order valence-corrected chi connectivity index (χ3v) is 3.23. The Balaban J connectivity index is 4.59. The summed E-state index contributed by atoms with van der Waals surface area (Å²) < 4.78 is 0. The summed E-state index contributed by atoms with van der Waals surface area (Å²) in [5.74, 6) is -0.841. The van der Waals surface area contributed by atoms with Gasteiger partial charge in [0.25, 0.3) is 0 Å². The normalized spacial score (nSPS) is 11.4. The van der Waals surface area contributed by atoms with Crippen molar-refractivity contribution in [3.05, 3.63) is 0 Å². The predicted octanol–water partition coefficient (Wildman–Crippen LogP) is -0.341. The Bertz CT molecular complexity index is 261. The Morgan fingerprint density at radius 2 is 1.33 bits per heavy atom. The van der Waals surface area contributed by atoms with Gasteiger partial charge in [0.2, 0.25) is 11.8 Å². The lowest BCUT2D eigenvalue weighted by molar-refractivity contribution is -0.130. The van der Waals surface area contributed by atoms with E-state index in [0.717, 1.165) is 0 Å². The second-order valence-corrected chi connectivity index (χ2v) is 4.62. The number of carbonyl (C=O) groups excluding carboxylic acids is 2. The number of hydrogen-bond acceptors (Lipinski definition) is 4. The highest BCUT2D eigenvalue weighted by atomic mass is 16.3. The van der Waals surface area contributed by atoms with Crippen molar-refractivity contribution in [2.24, 2.45) is 16.9 Å². The molecule has 0 atom stereocenters. The molecule has 0 aliphatic heterocycles. The Morgan fingerprint density at radius 1 is 0.889 bits per heavy atom. The van der Waals surface area contributed by atoms with Crippen molar-refractivity contribution < 1.29 is 19.8 Å². The quantitative estimate of drug-likeness (QED) is 0.405. The first-order valence-electron chi connectivity index (χ1n) is 6.28. The maximum atomic E-state index is 11.7. The monoisotopic (exact) mass is 260 g/mol. The van der Waals surface area contributed by atoms with Gasteiger partial charge < -0.3 is 21.7 Å². The molecule has 6 N–H and O–H groups in total. The lowest BCUT2D eigenvalue weighted by Gasteiger charge is -2.30. The van der Waals surface area contributed by atoms with Crippen LogP contribution in [0.5, 0.6) is 0 Å². The fourth-order valence-electron chi connectivity index (χ4n) is 2.18. The van der Waals surface area contributed by atoms with E-state index >= 15 is 0 Å². The summed E-state index contributed by atoms with van der Waals surface area (Å²) in [6, 6.07) is 0. The molecule has 2 amide bonds. The van der Waals surface area contributed by atoms with E-state index in [1.54, 1.807) is 0 Å². The second kappa shape index (κ2) is 8.88. The molecule has 0 bridgehead atoms. The second-order valence-electron chi connectivity index (χ2n) is 4.62. The van der Waals surface area contributed by atoms with E-state index < -0.39 is 17.2 Å². The Labute approximate surface area is 107 Å². The highest BCUT2D eigenvalue weighted by molar-refractivity contribution is 5.81. The first kappa shape index (κ1) is 16.9. The first-order chi connectivity index (χ1) is 8.48. The van der Waals surface area contributed by atoms with Gasteiger partial charge in [-0.25, -0.2) is 0 Å². The summed E-state index contributed by atoms with van der Waals surface area (Å²) in [7, 11) is 0. The van der Waals surface area contributed by atoms with Crippen LogP contribution in [0.15, 0.2) is 0 Å². The van der Waals surface area contributed by atoms with E-state index in [4.69, 9.17) is 21.7 Å². The van der Waals surface area contributed by atoms with Crippen molar-refractivity contribution in [2.75, 3.05) is 13.2 Å². The van der Waals surface area contributed by atoms with Crippen LogP contribution in [0.2, 0.25) is 0 Å². The molecule has 0 aromatic carbocycles. The van der Waals surface area contributed by atoms with E-state index in [1.807, 2.05) is 0 Å². The molecule has 0 spiro atoms. The number of hydrogen-bond donors (Lipinski definition) is 4. The van der Waals surface area contributed by atoms with Gasteiger partial charge in [0.05, 0.1) is 0 Å². The molecule has 6 nitrogen and oxygen atoms in total. The molecule has 0 radical (unpaired) electrons. The molecular formula is C12H24N2O4.